The summed E-state index contributed by atoms with van der Waals surface area (Å²) in [6, 6.07) is 32.4. The minimum atomic E-state index is -0.451. The molecule has 47 heavy (non-hydrogen) atoms. The summed E-state index contributed by atoms with van der Waals surface area (Å²) in [6.45, 7) is 5.88. The first-order chi connectivity index (χ1) is 22.6. The van der Waals surface area contributed by atoms with Crippen molar-refractivity contribution in [2.24, 2.45) is 0 Å². The largest absolute Gasteiger partial charge is 0.508 e. The molecule has 1 atom stereocenters. The molecular formula is C41H34O6. The van der Waals surface area contributed by atoms with Crippen molar-refractivity contribution in [3.8, 4) is 45.3 Å². The summed E-state index contributed by atoms with van der Waals surface area (Å²) in [5, 5.41) is 19.1. The topological polar surface area (TPSA) is 93.1 Å². The van der Waals surface area contributed by atoms with Crippen molar-refractivity contribution in [3.63, 3.8) is 0 Å². The van der Waals surface area contributed by atoms with Crippen molar-refractivity contribution in [2.45, 2.75) is 32.6 Å². The van der Waals surface area contributed by atoms with Crippen LogP contribution in [0.15, 0.2) is 133 Å². The first-order valence-corrected chi connectivity index (χ1v) is 15.3. The quantitative estimate of drug-likeness (QED) is 0.139. The average molecular weight is 623 g/mol. The highest BCUT2D eigenvalue weighted by molar-refractivity contribution is 5.94. The molecular weight excluding hydrogens is 588 g/mol. The van der Waals surface area contributed by atoms with Crippen LogP contribution in [0.4, 0.5) is 0 Å². The molecule has 5 aromatic rings. The number of aromatic hydroxyl groups is 2. The summed E-state index contributed by atoms with van der Waals surface area (Å²) in [6.07, 6.45) is 6.33. The van der Waals surface area contributed by atoms with Gasteiger partial charge in [-0.1, -0.05) is 73.7 Å². The lowest BCUT2D eigenvalue weighted by molar-refractivity contribution is -0.129. The van der Waals surface area contributed by atoms with Crippen molar-refractivity contribution < 1.29 is 29.3 Å². The predicted octanol–water partition coefficient (Wildman–Crippen LogP) is 9.02. The van der Waals surface area contributed by atoms with E-state index in [4.69, 9.17) is 9.47 Å². The van der Waals surface area contributed by atoms with E-state index in [-0.39, 0.29) is 16.9 Å². The van der Waals surface area contributed by atoms with Crippen LogP contribution in [0.5, 0.6) is 23.0 Å². The second-order valence-corrected chi connectivity index (χ2v) is 12.0. The number of aryl methyl sites for hydroxylation is 2. The van der Waals surface area contributed by atoms with Crippen LogP contribution < -0.4 is 9.47 Å². The van der Waals surface area contributed by atoms with Gasteiger partial charge in [0.25, 0.3) is 0 Å². The summed E-state index contributed by atoms with van der Waals surface area (Å²) in [4.78, 5) is 25.9. The number of benzene rings is 5. The van der Waals surface area contributed by atoms with Gasteiger partial charge in [-0.15, -0.1) is 0 Å². The van der Waals surface area contributed by atoms with Crippen LogP contribution >= 0.6 is 0 Å². The lowest BCUT2D eigenvalue weighted by atomic mass is 9.76. The van der Waals surface area contributed by atoms with Gasteiger partial charge in [0.1, 0.15) is 23.0 Å². The summed E-state index contributed by atoms with van der Waals surface area (Å²) >= 11 is 0. The van der Waals surface area contributed by atoms with Gasteiger partial charge in [0, 0.05) is 5.41 Å². The van der Waals surface area contributed by atoms with Gasteiger partial charge in [-0.2, -0.15) is 0 Å². The summed E-state index contributed by atoms with van der Waals surface area (Å²) in [5.41, 5.74) is 7.07. The molecule has 6 heteroatoms. The Morgan fingerprint density at radius 2 is 1.09 bits per heavy atom. The van der Waals surface area contributed by atoms with Crippen molar-refractivity contribution >= 4 is 11.9 Å². The zero-order valence-electron chi connectivity index (χ0n) is 26.4. The first kappa shape index (κ1) is 31.1. The standard InChI is InChI=1S/C41H34O6/c1-26-24-32(10-18-37(26)46-39(44)30-6-4-28(5-7-30)29-8-14-35(42)15-9-29)33-11-19-38(27(2)25-33)47-40(45)31-20-22-41(3,23-21-31)34-12-16-36(43)17-13-34/h4-22,24-25,42-43H,23H2,1-3H3. The Kier molecular flexibility index (Phi) is 8.51. The molecule has 0 spiro atoms. The van der Waals surface area contributed by atoms with E-state index in [0.717, 1.165) is 38.9 Å². The molecule has 0 aromatic heterocycles. The van der Waals surface area contributed by atoms with Gasteiger partial charge in [-0.25, -0.2) is 9.59 Å². The third kappa shape index (κ3) is 6.87. The molecule has 0 aliphatic heterocycles. The van der Waals surface area contributed by atoms with E-state index in [1.807, 2.05) is 86.7 Å². The Hall–Kier alpha value is -5.88. The Morgan fingerprint density at radius 3 is 1.57 bits per heavy atom. The molecule has 0 fully saturated rings. The number of phenols is 2. The van der Waals surface area contributed by atoms with E-state index in [2.05, 4.69) is 6.92 Å². The maximum absolute atomic E-state index is 13.0. The fourth-order valence-electron chi connectivity index (χ4n) is 5.60. The Bertz CT molecular complexity index is 2020. The van der Waals surface area contributed by atoms with Crippen molar-refractivity contribution in [2.75, 3.05) is 0 Å². The first-order valence-electron chi connectivity index (χ1n) is 15.3. The third-order valence-corrected chi connectivity index (χ3v) is 8.55. The minimum Gasteiger partial charge on any atom is -0.508 e. The van der Waals surface area contributed by atoms with E-state index < -0.39 is 11.9 Å². The van der Waals surface area contributed by atoms with E-state index in [0.29, 0.717) is 29.1 Å². The molecule has 0 amide bonds. The van der Waals surface area contributed by atoms with E-state index in [1.165, 1.54) is 0 Å². The molecule has 6 rings (SSSR count). The van der Waals surface area contributed by atoms with Gasteiger partial charge in [0.15, 0.2) is 0 Å². The second kappa shape index (κ2) is 12.9. The van der Waals surface area contributed by atoms with Gasteiger partial charge >= 0.3 is 11.9 Å². The van der Waals surface area contributed by atoms with Crippen molar-refractivity contribution in [1.29, 1.82) is 0 Å². The number of carbonyl (C=O) groups is 2. The molecule has 1 aliphatic carbocycles. The lowest BCUT2D eigenvalue weighted by Gasteiger charge is -2.28. The Morgan fingerprint density at radius 1 is 0.617 bits per heavy atom. The maximum atomic E-state index is 13.0. The lowest BCUT2D eigenvalue weighted by Crippen LogP contribution is -2.22. The van der Waals surface area contributed by atoms with Crippen LogP contribution in [0.2, 0.25) is 0 Å². The number of hydrogen-bond acceptors (Lipinski definition) is 6. The smallest absolute Gasteiger partial charge is 0.343 e. The number of ether oxygens (including phenoxy) is 2. The van der Waals surface area contributed by atoms with Crippen LogP contribution in [0.3, 0.4) is 0 Å². The van der Waals surface area contributed by atoms with Crippen molar-refractivity contribution in [3.05, 3.63) is 155 Å². The van der Waals surface area contributed by atoms with Crippen LogP contribution in [-0.2, 0) is 10.2 Å². The third-order valence-electron chi connectivity index (χ3n) is 8.55. The Balaban J connectivity index is 1.09. The normalized spacial score (nSPS) is 15.5. The highest BCUT2D eigenvalue weighted by Crippen LogP contribution is 2.35. The monoisotopic (exact) mass is 622 g/mol. The van der Waals surface area contributed by atoms with Gasteiger partial charge in [0.2, 0.25) is 0 Å². The maximum Gasteiger partial charge on any atom is 0.343 e. The van der Waals surface area contributed by atoms with E-state index in [9.17, 15) is 19.8 Å². The molecule has 5 aromatic carbocycles. The Labute approximate surface area is 273 Å². The highest BCUT2D eigenvalue weighted by atomic mass is 16.5. The zero-order chi connectivity index (χ0) is 33.1. The molecule has 1 unspecified atom stereocenters. The molecule has 234 valence electrons. The molecule has 0 radical (unpaired) electrons. The molecule has 6 nitrogen and oxygen atoms in total. The van der Waals surface area contributed by atoms with Crippen molar-refractivity contribution in [1.82, 2.24) is 0 Å². The van der Waals surface area contributed by atoms with E-state index >= 15 is 0 Å². The molecule has 0 saturated carbocycles. The number of phenolic OH excluding ortho intramolecular Hbond substituents is 2. The van der Waals surface area contributed by atoms with Gasteiger partial charge in [-0.05, 0) is 120 Å². The fraction of sp³-hybridized carbons (Fsp3) is 0.122. The van der Waals surface area contributed by atoms with Gasteiger partial charge in [-0.3, -0.25) is 0 Å². The molecule has 0 heterocycles. The summed E-state index contributed by atoms with van der Waals surface area (Å²) < 4.78 is 11.5. The number of rotatable bonds is 7. The number of carbonyl (C=O) groups excluding carboxylic acids is 2. The predicted molar refractivity (Wildman–Crippen MR) is 183 cm³/mol. The van der Waals surface area contributed by atoms with Gasteiger partial charge < -0.3 is 19.7 Å². The van der Waals surface area contributed by atoms with Crippen LogP contribution in [0.25, 0.3) is 22.3 Å². The molecule has 0 saturated heterocycles. The summed E-state index contributed by atoms with van der Waals surface area (Å²) in [7, 11) is 0. The van der Waals surface area contributed by atoms with Gasteiger partial charge in [0.05, 0.1) is 11.1 Å². The average Bonchev–Trinajstić information content (AvgIpc) is 3.07. The number of allylic oxidation sites excluding steroid dienone is 2. The SMILES string of the molecule is Cc1cc(-c2ccc(OC(=O)c3ccc(-c4ccc(O)cc4)cc3)c(C)c2)ccc1OC(=O)C1=CCC(C)(c2ccc(O)cc2)C=C1. The molecule has 2 N–H and O–H groups in total. The minimum absolute atomic E-state index is 0.200. The van der Waals surface area contributed by atoms with Crippen LogP contribution in [0.1, 0.15) is 40.4 Å². The molecule has 1 aliphatic rings. The highest BCUT2D eigenvalue weighted by Gasteiger charge is 2.27. The fourth-order valence-corrected chi connectivity index (χ4v) is 5.60. The number of hydrogen-bond donors (Lipinski definition) is 2. The second-order valence-electron chi connectivity index (χ2n) is 12.0. The molecule has 0 bridgehead atoms. The van der Waals surface area contributed by atoms with E-state index in [1.54, 1.807) is 54.6 Å². The van der Waals surface area contributed by atoms with Crippen LogP contribution in [0, 0.1) is 13.8 Å². The zero-order valence-corrected chi connectivity index (χ0v) is 26.4. The summed E-state index contributed by atoms with van der Waals surface area (Å²) in [5.74, 6) is 0.511. The number of esters is 2. The van der Waals surface area contributed by atoms with Crippen LogP contribution in [-0.4, -0.2) is 22.2 Å².